The minimum Gasteiger partial charge on any atom is -1.00 e. The van der Waals surface area contributed by atoms with Gasteiger partial charge in [0.2, 0.25) is 0 Å². The summed E-state index contributed by atoms with van der Waals surface area (Å²) in [5.74, 6) is 1.39. The van der Waals surface area contributed by atoms with Crippen LogP contribution in [0.3, 0.4) is 0 Å². The Morgan fingerprint density at radius 3 is 1.61 bits per heavy atom. The summed E-state index contributed by atoms with van der Waals surface area (Å²) in [6.45, 7) is 16.9. The van der Waals surface area contributed by atoms with Crippen LogP contribution in [-0.4, -0.2) is 72.8 Å². The number of guanidine groups is 1. The lowest BCUT2D eigenvalue weighted by Crippen LogP contribution is -3.00. The molecule has 0 unspecified atom stereocenters. The molecule has 0 spiro atoms. The van der Waals surface area contributed by atoms with Gasteiger partial charge in [0.1, 0.15) is 0 Å². The zero-order chi connectivity index (χ0) is 12.7. The van der Waals surface area contributed by atoms with Crippen LogP contribution in [0, 0.1) is 0 Å². The van der Waals surface area contributed by atoms with E-state index in [2.05, 4.69) is 42.1 Å². The van der Waals surface area contributed by atoms with Crippen LogP contribution in [-0.2, 0) is 4.74 Å². The van der Waals surface area contributed by atoms with Crippen LogP contribution < -0.4 is 12.4 Å². The number of hydrogen-bond acceptors (Lipinski definition) is 1. The van der Waals surface area contributed by atoms with Crippen molar-refractivity contribution in [3.05, 3.63) is 0 Å². The average Bonchev–Trinajstić information content (AvgIpc) is 2.40. The first-order valence-corrected chi connectivity index (χ1v) is 6.97. The summed E-state index contributed by atoms with van der Waals surface area (Å²) in [5.41, 5.74) is 0. The minimum absolute atomic E-state index is 0. The van der Waals surface area contributed by atoms with Crippen molar-refractivity contribution in [3.8, 4) is 0 Å². The van der Waals surface area contributed by atoms with Gasteiger partial charge in [0.15, 0.2) is 0 Å². The number of morpholine rings is 1. The smallest absolute Gasteiger partial charge is 0.350 e. The molecule has 4 nitrogen and oxygen atoms in total. The highest BCUT2D eigenvalue weighted by atomic mass is 35.5. The summed E-state index contributed by atoms with van der Waals surface area (Å²) >= 11 is 0. The zero-order valence-electron chi connectivity index (χ0n) is 12.3. The largest absolute Gasteiger partial charge is 1.00 e. The van der Waals surface area contributed by atoms with Gasteiger partial charge < -0.3 is 17.1 Å². The van der Waals surface area contributed by atoms with Crippen LogP contribution in [0.2, 0.25) is 0 Å². The third-order valence-corrected chi connectivity index (χ3v) is 3.39. The fraction of sp³-hybridized carbons (Fsp3) is 0.923. The van der Waals surface area contributed by atoms with Gasteiger partial charge in [-0.05, 0) is 27.7 Å². The van der Waals surface area contributed by atoms with Crippen molar-refractivity contribution in [2.24, 2.45) is 0 Å². The molecular weight excluding hydrogens is 250 g/mol. The molecule has 0 aliphatic carbocycles. The summed E-state index contributed by atoms with van der Waals surface area (Å²) < 4.78 is 7.93. The molecule has 108 valence electrons. The predicted molar refractivity (Wildman–Crippen MR) is 71.7 cm³/mol. The van der Waals surface area contributed by atoms with E-state index in [1.165, 1.54) is 5.96 Å². The van der Waals surface area contributed by atoms with E-state index >= 15 is 0 Å². The summed E-state index contributed by atoms with van der Waals surface area (Å²) in [4.78, 5) is 4.91. The van der Waals surface area contributed by atoms with Gasteiger partial charge in [-0.1, -0.05) is 0 Å². The fourth-order valence-electron chi connectivity index (χ4n) is 2.38. The van der Waals surface area contributed by atoms with Crippen molar-refractivity contribution in [1.82, 2.24) is 9.80 Å². The van der Waals surface area contributed by atoms with E-state index in [-0.39, 0.29) is 12.4 Å². The standard InChI is InChI=1S/C13H28N3O.ClH/c1-5-14(6-2)13(15(7-3)8-4)16-9-11-17-12-10-16;/h5-12H2,1-4H3;1H/q+1;/p-1. The predicted octanol–water partition coefficient (Wildman–Crippen LogP) is -1.93. The van der Waals surface area contributed by atoms with Gasteiger partial charge in [0.25, 0.3) is 0 Å². The Labute approximate surface area is 118 Å². The van der Waals surface area contributed by atoms with Crippen molar-refractivity contribution in [2.75, 3.05) is 52.5 Å². The number of halogens is 1. The fourth-order valence-corrected chi connectivity index (χ4v) is 2.38. The van der Waals surface area contributed by atoms with Gasteiger partial charge in [-0.15, -0.1) is 0 Å². The Morgan fingerprint density at radius 1 is 0.889 bits per heavy atom. The molecule has 0 amide bonds. The Kier molecular flexibility index (Phi) is 9.20. The maximum atomic E-state index is 5.45. The molecule has 0 saturated carbocycles. The third-order valence-electron chi connectivity index (χ3n) is 3.39. The molecule has 1 aliphatic heterocycles. The lowest BCUT2D eigenvalue weighted by atomic mass is 10.4. The van der Waals surface area contributed by atoms with Crippen molar-refractivity contribution in [1.29, 1.82) is 0 Å². The first-order chi connectivity index (χ1) is 8.28. The van der Waals surface area contributed by atoms with E-state index in [0.29, 0.717) is 0 Å². The maximum absolute atomic E-state index is 5.45. The number of nitrogens with zero attached hydrogens (tertiary/aromatic N) is 3. The number of ether oxygens (including phenoxy) is 1. The maximum Gasteiger partial charge on any atom is 0.350 e. The SMILES string of the molecule is CCN(CC)C(N(CC)CC)=[N+]1CCOCC1.[Cl-]. The van der Waals surface area contributed by atoms with Crippen molar-refractivity contribution in [3.63, 3.8) is 0 Å². The van der Waals surface area contributed by atoms with Gasteiger partial charge in [0.05, 0.1) is 52.5 Å². The van der Waals surface area contributed by atoms with E-state index in [1.54, 1.807) is 0 Å². The van der Waals surface area contributed by atoms with Crippen LogP contribution in [0.5, 0.6) is 0 Å². The van der Waals surface area contributed by atoms with Gasteiger partial charge in [0, 0.05) is 0 Å². The monoisotopic (exact) mass is 277 g/mol. The molecule has 0 aromatic heterocycles. The highest BCUT2D eigenvalue weighted by Crippen LogP contribution is 2.02. The van der Waals surface area contributed by atoms with Crippen LogP contribution >= 0.6 is 0 Å². The molecule has 1 rings (SSSR count). The van der Waals surface area contributed by atoms with E-state index < -0.39 is 0 Å². The number of hydrogen-bond donors (Lipinski definition) is 0. The Bertz CT molecular complexity index is 229. The van der Waals surface area contributed by atoms with E-state index in [9.17, 15) is 0 Å². The van der Waals surface area contributed by atoms with Crippen LogP contribution in [0.15, 0.2) is 0 Å². The van der Waals surface area contributed by atoms with Crippen LogP contribution in [0.1, 0.15) is 27.7 Å². The molecule has 0 aromatic rings. The molecular formula is C13H28ClN3O. The van der Waals surface area contributed by atoms with Crippen LogP contribution in [0.25, 0.3) is 0 Å². The highest BCUT2D eigenvalue weighted by Gasteiger charge is 2.26. The summed E-state index contributed by atoms with van der Waals surface area (Å²) in [6, 6.07) is 0. The molecule has 0 aromatic carbocycles. The topological polar surface area (TPSA) is 18.7 Å². The molecule has 1 saturated heterocycles. The molecule has 0 radical (unpaired) electrons. The Hall–Kier alpha value is -0.480. The summed E-state index contributed by atoms with van der Waals surface area (Å²) in [7, 11) is 0. The van der Waals surface area contributed by atoms with Gasteiger partial charge in [-0.2, -0.15) is 0 Å². The van der Waals surface area contributed by atoms with Gasteiger partial charge in [-0.3, -0.25) is 14.4 Å². The normalized spacial score (nSPS) is 15.0. The molecule has 0 atom stereocenters. The molecule has 1 fully saturated rings. The Morgan fingerprint density at radius 2 is 1.28 bits per heavy atom. The average molecular weight is 278 g/mol. The van der Waals surface area contributed by atoms with Gasteiger partial charge in [-0.25, -0.2) is 0 Å². The van der Waals surface area contributed by atoms with Gasteiger partial charge >= 0.3 is 5.96 Å². The van der Waals surface area contributed by atoms with Crippen molar-refractivity contribution in [2.45, 2.75) is 27.7 Å². The summed E-state index contributed by atoms with van der Waals surface area (Å²) in [5, 5.41) is 0. The first-order valence-electron chi connectivity index (χ1n) is 6.97. The molecule has 18 heavy (non-hydrogen) atoms. The zero-order valence-corrected chi connectivity index (χ0v) is 13.0. The minimum atomic E-state index is 0. The second-order valence-electron chi connectivity index (χ2n) is 4.24. The quantitative estimate of drug-likeness (QED) is 0.441. The summed E-state index contributed by atoms with van der Waals surface area (Å²) in [6.07, 6.45) is 0. The molecule has 1 aliphatic rings. The molecule has 0 N–H and O–H groups in total. The van der Waals surface area contributed by atoms with E-state index in [1.807, 2.05) is 0 Å². The van der Waals surface area contributed by atoms with E-state index in [0.717, 1.165) is 52.5 Å². The molecule has 5 heteroatoms. The lowest BCUT2D eigenvalue weighted by molar-refractivity contribution is -0.558. The molecule has 0 bridgehead atoms. The van der Waals surface area contributed by atoms with Crippen LogP contribution in [0.4, 0.5) is 0 Å². The van der Waals surface area contributed by atoms with Crippen molar-refractivity contribution < 1.29 is 21.7 Å². The Balaban J connectivity index is 0.00000289. The second-order valence-corrected chi connectivity index (χ2v) is 4.24. The number of rotatable bonds is 4. The lowest BCUT2D eigenvalue weighted by Gasteiger charge is -2.29. The van der Waals surface area contributed by atoms with E-state index in [4.69, 9.17) is 4.74 Å². The third kappa shape index (κ3) is 4.32. The second kappa shape index (κ2) is 9.45. The van der Waals surface area contributed by atoms with Crippen molar-refractivity contribution >= 4 is 5.96 Å². The first kappa shape index (κ1) is 17.5. The highest BCUT2D eigenvalue weighted by molar-refractivity contribution is 5.75. The molecule has 1 heterocycles.